The molecule has 4 rings (SSSR count). The van der Waals surface area contributed by atoms with Crippen molar-refractivity contribution in [3.8, 4) is 11.5 Å². The molecule has 3 aromatic rings. The molecule has 1 fully saturated rings. The molecule has 3 N–H and O–H groups in total. The van der Waals surface area contributed by atoms with E-state index in [1.165, 1.54) is 23.8 Å². The van der Waals surface area contributed by atoms with Gasteiger partial charge in [-0.15, -0.1) is 0 Å². The number of hydrogen-bond acceptors (Lipinski definition) is 4. The maximum atomic E-state index is 5.65. The molecule has 0 saturated heterocycles. The van der Waals surface area contributed by atoms with E-state index in [4.69, 9.17) is 10.3 Å². The Labute approximate surface area is 116 Å². The Morgan fingerprint density at radius 1 is 1.35 bits per heavy atom. The van der Waals surface area contributed by atoms with Gasteiger partial charge >= 0.3 is 0 Å². The fourth-order valence-electron chi connectivity index (χ4n) is 2.53. The summed E-state index contributed by atoms with van der Waals surface area (Å²) >= 11 is 0. The van der Waals surface area contributed by atoms with Gasteiger partial charge in [0.1, 0.15) is 0 Å². The Hall–Kier alpha value is -2.14. The van der Waals surface area contributed by atoms with E-state index in [2.05, 4.69) is 21.2 Å². The lowest BCUT2D eigenvalue weighted by Gasteiger charge is -1.98. The smallest absolute Gasteiger partial charge is 0.257 e. The molecule has 0 amide bonds. The molecule has 1 aromatic carbocycles. The third kappa shape index (κ3) is 1.91. The van der Waals surface area contributed by atoms with Gasteiger partial charge in [-0.3, -0.25) is 0 Å². The number of nitrogens with zero attached hydrogens (tertiary/aromatic N) is 2. The molecule has 0 radical (unpaired) electrons. The maximum Gasteiger partial charge on any atom is 0.257 e. The van der Waals surface area contributed by atoms with Crippen LogP contribution in [0.1, 0.15) is 30.1 Å². The number of aromatic nitrogens is 3. The minimum absolute atomic E-state index is 0.510. The molecule has 1 saturated carbocycles. The Morgan fingerprint density at radius 2 is 2.25 bits per heavy atom. The lowest BCUT2D eigenvalue weighted by molar-refractivity contribution is 0.423. The predicted molar refractivity (Wildman–Crippen MR) is 76.3 cm³/mol. The summed E-state index contributed by atoms with van der Waals surface area (Å²) in [5.41, 5.74) is 8.95. The number of H-pyrrole nitrogens is 1. The first-order chi connectivity index (χ1) is 9.85. The molecule has 1 aliphatic carbocycles. The fraction of sp³-hybridized carbons (Fsp3) is 0.333. The molecule has 5 nitrogen and oxygen atoms in total. The van der Waals surface area contributed by atoms with Gasteiger partial charge in [0.2, 0.25) is 0 Å². The van der Waals surface area contributed by atoms with E-state index >= 15 is 0 Å². The van der Waals surface area contributed by atoms with Gasteiger partial charge in [-0.2, -0.15) is 4.98 Å². The van der Waals surface area contributed by atoms with Gasteiger partial charge in [-0.05, 0) is 49.6 Å². The highest BCUT2D eigenvalue weighted by Crippen LogP contribution is 2.39. The zero-order valence-electron chi connectivity index (χ0n) is 11.1. The third-order valence-corrected chi connectivity index (χ3v) is 3.81. The van der Waals surface area contributed by atoms with Gasteiger partial charge in [0.05, 0.1) is 0 Å². The van der Waals surface area contributed by atoms with Crippen LogP contribution in [0.4, 0.5) is 0 Å². The van der Waals surface area contributed by atoms with Crippen molar-refractivity contribution in [3.05, 3.63) is 35.8 Å². The first-order valence-corrected chi connectivity index (χ1v) is 6.99. The van der Waals surface area contributed by atoms with Gasteiger partial charge in [0, 0.05) is 28.6 Å². The lowest BCUT2D eigenvalue weighted by Crippen LogP contribution is -2.01. The second-order valence-corrected chi connectivity index (χ2v) is 5.34. The summed E-state index contributed by atoms with van der Waals surface area (Å²) in [6.45, 7) is 0.642. The van der Waals surface area contributed by atoms with E-state index < -0.39 is 0 Å². The molecule has 20 heavy (non-hydrogen) atoms. The summed E-state index contributed by atoms with van der Waals surface area (Å²) in [7, 11) is 0. The van der Waals surface area contributed by atoms with Crippen molar-refractivity contribution in [2.45, 2.75) is 25.2 Å². The molecule has 1 aliphatic rings. The van der Waals surface area contributed by atoms with Crippen molar-refractivity contribution in [1.29, 1.82) is 0 Å². The molecule has 102 valence electrons. The number of nitrogens with one attached hydrogen (secondary N) is 1. The zero-order valence-corrected chi connectivity index (χ0v) is 11.1. The van der Waals surface area contributed by atoms with Crippen LogP contribution in [0.2, 0.25) is 0 Å². The van der Waals surface area contributed by atoms with Crippen molar-refractivity contribution >= 4 is 10.9 Å². The Balaban J connectivity index is 1.76. The van der Waals surface area contributed by atoms with Crippen LogP contribution in [-0.2, 0) is 6.42 Å². The van der Waals surface area contributed by atoms with Gasteiger partial charge in [0.15, 0.2) is 5.82 Å². The van der Waals surface area contributed by atoms with E-state index in [0.717, 1.165) is 23.3 Å². The summed E-state index contributed by atoms with van der Waals surface area (Å²) in [4.78, 5) is 7.76. The third-order valence-electron chi connectivity index (χ3n) is 3.81. The predicted octanol–water partition coefficient (Wildman–Crippen LogP) is 2.60. The molecule has 2 aromatic heterocycles. The number of nitrogens with two attached hydrogens (primary N) is 1. The largest absolute Gasteiger partial charge is 0.361 e. The molecular formula is C15H16N4O. The van der Waals surface area contributed by atoms with E-state index in [0.29, 0.717) is 18.4 Å². The van der Waals surface area contributed by atoms with Crippen molar-refractivity contribution in [1.82, 2.24) is 15.1 Å². The molecule has 0 aliphatic heterocycles. The summed E-state index contributed by atoms with van der Waals surface area (Å²) < 4.78 is 5.38. The number of aromatic amines is 1. The van der Waals surface area contributed by atoms with Crippen molar-refractivity contribution in [3.63, 3.8) is 0 Å². The Morgan fingerprint density at radius 3 is 3.05 bits per heavy atom. The van der Waals surface area contributed by atoms with Crippen LogP contribution in [0.3, 0.4) is 0 Å². The SMILES string of the molecule is NCCc1c[nH]c2ccc(-c3nc(C4CC4)no3)cc12. The van der Waals surface area contributed by atoms with Gasteiger partial charge in [-0.1, -0.05) is 5.16 Å². The Bertz CT molecular complexity index is 754. The maximum absolute atomic E-state index is 5.65. The van der Waals surface area contributed by atoms with E-state index in [-0.39, 0.29) is 0 Å². The highest BCUT2D eigenvalue weighted by atomic mass is 16.5. The second kappa shape index (κ2) is 4.45. The zero-order chi connectivity index (χ0) is 13.5. The minimum atomic E-state index is 0.510. The van der Waals surface area contributed by atoms with E-state index in [1.54, 1.807) is 0 Å². The lowest BCUT2D eigenvalue weighted by atomic mass is 10.1. The topological polar surface area (TPSA) is 80.7 Å². The summed E-state index contributed by atoms with van der Waals surface area (Å²) in [6.07, 6.45) is 5.23. The van der Waals surface area contributed by atoms with Crippen LogP contribution in [0.15, 0.2) is 28.9 Å². The van der Waals surface area contributed by atoms with Gasteiger partial charge in [-0.25, -0.2) is 0 Å². The van der Waals surface area contributed by atoms with E-state index in [9.17, 15) is 0 Å². The second-order valence-electron chi connectivity index (χ2n) is 5.34. The van der Waals surface area contributed by atoms with Crippen LogP contribution in [0.5, 0.6) is 0 Å². The molecule has 2 heterocycles. The number of hydrogen-bond donors (Lipinski definition) is 2. The van der Waals surface area contributed by atoms with Crippen LogP contribution in [0, 0.1) is 0 Å². The average molecular weight is 268 g/mol. The van der Waals surface area contributed by atoms with Crippen molar-refractivity contribution < 1.29 is 4.52 Å². The molecule has 0 bridgehead atoms. The first kappa shape index (κ1) is 11.7. The fourth-order valence-corrected chi connectivity index (χ4v) is 2.53. The van der Waals surface area contributed by atoms with Crippen LogP contribution in [-0.4, -0.2) is 21.7 Å². The highest BCUT2D eigenvalue weighted by molar-refractivity contribution is 5.87. The monoisotopic (exact) mass is 268 g/mol. The molecule has 5 heteroatoms. The molecule has 0 unspecified atom stereocenters. The quantitative estimate of drug-likeness (QED) is 0.762. The van der Waals surface area contributed by atoms with Gasteiger partial charge in [0.25, 0.3) is 5.89 Å². The Kier molecular flexibility index (Phi) is 2.60. The molecule has 0 atom stereocenters. The van der Waals surface area contributed by atoms with Gasteiger partial charge < -0.3 is 15.2 Å². The summed E-state index contributed by atoms with van der Waals surface area (Å²) in [6, 6.07) is 6.15. The normalized spacial score (nSPS) is 15.1. The minimum Gasteiger partial charge on any atom is -0.361 e. The molecular weight excluding hydrogens is 252 g/mol. The number of fused-ring (bicyclic) bond motifs is 1. The highest BCUT2D eigenvalue weighted by Gasteiger charge is 2.29. The summed E-state index contributed by atoms with van der Waals surface area (Å²) in [5.74, 6) is 1.96. The number of benzene rings is 1. The van der Waals surface area contributed by atoms with Crippen LogP contribution in [0.25, 0.3) is 22.4 Å². The van der Waals surface area contributed by atoms with Crippen LogP contribution >= 0.6 is 0 Å². The standard InChI is InChI=1S/C15H16N4O/c16-6-5-11-8-17-13-4-3-10(7-12(11)13)15-18-14(19-20-15)9-1-2-9/h3-4,7-9,17H,1-2,5-6,16H2. The average Bonchev–Trinajstić information content (AvgIpc) is 3.07. The summed E-state index contributed by atoms with van der Waals surface area (Å²) in [5, 5.41) is 5.25. The van der Waals surface area contributed by atoms with E-state index in [1.807, 2.05) is 18.3 Å². The van der Waals surface area contributed by atoms with Crippen molar-refractivity contribution in [2.24, 2.45) is 5.73 Å². The van der Waals surface area contributed by atoms with Crippen molar-refractivity contribution in [2.75, 3.05) is 6.54 Å². The number of rotatable bonds is 4. The first-order valence-electron chi connectivity index (χ1n) is 6.99. The molecule has 0 spiro atoms. The van der Waals surface area contributed by atoms with Crippen LogP contribution < -0.4 is 5.73 Å².